The number of rotatable bonds is 5. The Bertz CT molecular complexity index is 1130. The molecule has 1 spiro atoms. The minimum Gasteiger partial charge on any atom is -0.493 e. The van der Waals surface area contributed by atoms with Crippen LogP contribution in [-0.2, 0) is 4.79 Å². The number of nitrogens with zero attached hydrogens (tertiary/aromatic N) is 1. The number of fused-ring (bicyclic) bond motifs is 1. The highest BCUT2D eigenvalue weighted by Gasteiger charge is 2.44. The summed E-state index contributed by atoms with van der Waals surface area (Å²) in [4.78, 5) is 27.5. The molecule has 34 heavy (non-hydrogen) atoms. The zero-order valence-corrected chi connectivity index (χ0v) is 20.5. The quantitative estimate of drug-likeness (QED) is 0.571. The SMILES string of the molecule is COc1cc(/C=C/C(=O)N2CCC3(CC2)CC(=O)c2cc(Cl)cc(C)c2O3)cc(OC)c1OC. The minimum atomic E-state index is -0.583. The van der Waals surface area contributed by atoms with Gasteiger partial charge in [0.1, 0.15) is 11.4 Å². The van der Waals surface area contributed by atoms with E-state index in [-0.39, 0.29) is 11.7 Å². The molecule has 0 radical (unpaired) electrons. The summed E-state index contributed by atoms with van der Waals surface area (Å²) in [5.74, 6) is 2.08. The standard InChI is InChI=1S/C26H28ClNO6/c1-16-11-18(27)14-19-20(29)15-26(34-24(16)19)7-9-28(10-8-26)23(30)6-5-17-12-21(31-2)25(33-4)22(13-17)32-3/h5-6,11-14H,7-10,15H2,1-4H3/b6-5+. The molecule has 0 aromatic heterocycles. The monoisotopic (exact) mass is 485 g/mol. The number of Topliss-reactive ketones (excluding diaryl/α,β-unsaturated/α-hetero) is 1. The zero-order valence-electron chi connectivity index (χ0n) is 19.8. The molecule has 0 saturated carbocycles. The van der Waals surface area contributed by atoms with Gasteiger partial charge in [-0.05, 0) is 48.4 Å². The van der Waals surface area contributed by atoms with Crippen molar-refractivity contribution in [2.45, 2.75) is 31.8 Å². The number of carbonyl (C=O) groups excluding carboxylic acids is 2. The third kappa shape index (κ3) is 4.57. The Balaban J connectivity index is 1.44. The van der Waals surface area contributed by atoms with Gasteiger partial charge in [-0.2, -0.15) is 0 Å². The number of piperidine rings is 1. The van der Waals surface area contributed by atoms with E-state index in [4.69, 9.17) is 30.5 Å². The highest BCUT2D eigenvalue weighted by Crippen LogP contribution is 2.42. The van der Waals surface area contributed by atoms with E-state index in [2.05, 4.69) is 0 Å². The van der Waals surface area contributed by atoms with Gasteiger partial charge in [-0.1, -0.05) is 11.6 Å². The van der Waals surface area contributed by atoms with Crippen molar-refractivity contribution in [2.24, 2.45) is 0 Å². The smallest absolute Gasteiger partial charge is 0.246 e. The van der Waals surface area contributed by atoms with E-state index < -0.39 is 5.60 Å². The lowest BCUT2D eigenvalue weighted by atomic mass is 9.82. The molecule has 2 heterocycles. The highest BCUT2D eigenvalue weighted by molar-refractivity contribution is 6.31. The van der Waals surface area contributed by atoms with Gasteiger partial charge in [0.25, 0.3) is 0 Å². The van der Waals surface area contributed by atoms with Crippen LogP contribution in [0.4, 0.5) is 0 Å². The van der Waals surface area contributed by atoms with E-state index in [0.717, 1.165) is 11.1 Å². The maximum atomic E-state index is 12.9. The number of aryl methyl sites for hydroxylation is 1. The molecule has 2 aromatic rings. The van der Waals surface area contributed by atoms with Gasteiger partial charge in [0.15, 0.2) is 17.3 Å². The lowest BCUT2D eigenvalue weighted by Gasteiger charge is -2.44. The second-order valence-corrected chi connectivity index (χ2v) is 9.04. The molecule has 1 fully saturated rings. The lowest BCUT2D eigenvalue weighted by molar-refractivity contribution is -0.129. The summed E-state index contributed by atoms with van der Waals surface area (Å²) in [7, 11) is 4.64. The number of hydrogen-bond acceptors (Lipinski definition) is 6. The minimum absolute atomic E-state index is 0.0360. The van der Waals surface area contributed by atoms with E-state index in [9.17, 15) is 9.59 Å². The van der Waals surface area contributed by atoms with Gasteiger partial charge >= 0.3 is 0 Å². The Morgan fingerprint density at radius 2 is 1.71 bits per heavy atom. The molecule has 4 rings (SSSR count). The van der Waals surface area contributed by atoms with Gasteiger partial charge in [-0.3, -0.25) is 9.59 Å². The molecular formula is C26H28ClNO6. The van der Waals surface area contributed by atoms with Crippen molar-refractivity contribution in [1.82, 2.24) is 4.90 Å². The summed E-state index contributed by atoms with van der Waals surface area (Å²) in [6, 6.07) is 7.04. The number of amides is 1. The maximum Gasteiger partial charge on any atom is 0.246 e. The fraction of sp³-hybridized carbons (Fsp3) is 0.385. The van der Waals surface area contributed by atoms with Gasteiger partial charge in [0.2, 0.25) is 11.7 Å². The average Bonchev–Trinajstić information content (AvgIpc) is 2.83. The fourth-order valence-electron chi connectivity index (χ4n) is 4.60. The van der Waals surface area contributed by atoms with E-state index in [1.807, 2.05) is 6.92 Å². The summed E-state index contributed by atoms with van der Waals surface area (Å²) in [6.45, 7) is 2.91. The predicted molar refractivity (Wildman–Crippen MR) is 129 cm³/mol. The number of hydrogen-bond donors (Lipinski definition) is 0. The van der Waals surface area contributed by atoms with Crippen LogP contribution >= 0.6 is 11.6 Å². The number of methoxy groups -OCH3 is 3. The lowest BCUT2D eigenvalue weighted by Crippen LogP contribution is -2.52. The van der Waals surface area contributed by atoms with E-state index in [1.54, 1.807) is 56.6 Å². The first-order valence-corrected chi connectivity index (χ1v) is 11.5. The van der Waals surface area contributed by atoms with Crippen LogP contribution in [0.3, 0.4) is 0 Å². The van der Waals surface area contributed by atoms with Gasteiger partial charge in [0.05, 0.1) is 33.3 Å². The third-order valence-corrected chi connectivity index (χ3v) is 6.65. The van der Waals surface area contributed by atoms with Gasteiger partial charge in [0, 0.05) is 37.0 Å². The molecule has 7 nitrogen and oxygen atoms in total. The van der Waals surface area contributed by atoms with Crippen molar-refractivity contribution in [3.05, 3.63) is 52.1 Å². The van der Waals surface area contributed by atoms with Crippen molar-refractivity contribution in [3.63, 3.8) is 0 Å². The number of likely N-dealkylation sites (tertiary alicyclic amines) is 1. The van der Waals surface area contributed by atoms with E-state index >= 15 is 0 Å². The van der Waals surface area contributed by atoms with Crippen LogP contribution < -0.4 is 18.9 Å². The molecule has 0 unspecified atom stereocenters. The summed E-state index contributed by atoms with van der Waals surface area (Å²) >= 11 is 6.12. The summed E-state index contributed by atoms with van der Waals surface area (Å²) in [5, 5.41) is 0.531. The van der Waals surface area contributed by atoms with Gasteiger partial charge in [-0.15, -0.1) is 0 Å². The normalized spacial score (nSPS) is 16.9. The number of benzene rings is 2. The van der Waals surface area contributed by atoms with Crippen LogP contribution in [-0.4, -0.2) is 56.6 Å². The average molecular weight is 486 g/mol. The van der Waals surface area contributed by atoms with Crippen molar-refractivity contribution in [2.75, 3.05) is 34.4 Å². The van der Waals surface area contributed by atoms with Gasteiger partial charge in [-0.25, -0.2) is 0 Å². The molecule has 1 saturated heterocycles. The Kier molecular flexibility index (Phi) is 6.75. The van der Waals surface area contributed by atoms with E-state index in [1.165, 1.54) is 6.08 Å². The van der Waals surface area contributed by atoms with Crippen molar-refractivity contribution in [3.8, 4) is 23.0 Å². The molecule has 2 aromatic carbocycles. The Morgan fingerprint density at radius 1 is 1.06 bits per heavy atom. The first-order chi connectivity index (χ1) is 16.3. The van der Waals surface area contributed by atoms with Gasteiger partial charge < -0.3 is 23.8 Å². The van der Waals surface area contributed by atoms with Crippen molar-refractivity contribution < 1.29 is 28.5 Å². The molecule has 0 aliphatic carbocycles. The van der Waals surface area contributed by atoms with Crippen LogP contribution in [0.5, 0.6) is 23.0 Å². The highest BCUT2D eigenvalue weighted by atomic mass is 35.5. The summed E-state index contributed by atoms with van der Waals surface area (Å²) in [6.07, 6.45) is 4.73. The Morgan fingerprint density at radius 3 is 2.29 bits per heavy atom. The molecule has 0 atom stereocenters. The number of ketones is 1. The Hall–Kier alpha value is -3.19. The fourth-order valence-corrected chi connectivity index (χ4v) is 4.87. The molecular weight excluding hydrogens is 458 g/mol. The molecule has 1 amide bonds. The second-order valence-electron chi connectivity index (χ2n) is 8.60. The first kappa shape index (κ1) is 24.0. The Labute approximate surface area is 204 Å². The predicted octanol–water partition coefficient (Wildman–Crippen LogP) is 4.71. The van der Waals surface area contributed by atoms with Crippen LogP contribution in [0.1, 0.15) is 40.7 Å². The molecule has 180 valence electrons. The summed E-state index contributed by atoms with van der Waals surface area (Å²) < 4.78 is 22.5. The zero-order chi connectivity index (χ0) is 24.5. The van der Waals surface area contributed by atoms with Crippen LogP contribution in [0.15, 0.2) is 30.3 Å². The topological polar surface area (TPSA) is 74.3 Å². The number of ether oxygens (including phenoxy) is 4. The third-order valence-electron chi connectivity index (χ3n) is 6.43. The van der Waals surface area contributed by atoms with E-state index in [0.29, 0.717) is 65.9 Å². The van der Waals surface area contributed by atoms with Crippen molar-refractivity contribution in [1.29, 1.82) is 0 Å². The molecule has 8 heteroatoms. The molecule has 0 bridgehead atoms. The molecule has 2 aliphatic heterocycles. The van der Waals surface area contributed by atoms with Crippen LogP contribution in [0, 0.1) is 6.92 Å². The maximum absolute atomic E-state index is 12.9. The summed E-state index contributed by atoms with van der Waals surface area (Å²) in [5.41, 5.74) is 1.56. The first-order valence-electron chi connectivity index (χ1n) is 11.1. The molecule has 2 aliphatic rings. The number of carbonyl (C=O) groups is 2. The van der Waals surface area contributed by atoms with Crippen LogP contribution in [0.25, 0.3) is 6.08 Å². The van der Waals surface area contributed by atoms with Crippen molar-refractivity contribution >= 4 is 29.4 Å². The largest absolute Gasteiger partial charge is 0.493 e. The number of halogens is 1. The van der Waals surface area contributed by atoms with Crippen LogP contribution in [0.2, 0.25) is 5.02 Å². The second kappa shape index (κ2) is 9.58. The molecule has 0 N–H and O–H groups in total.